The van der Waals surface area contributed by atoms with Gasteiger partial charge in [-0.1, -0.05) is 0 Å². The minimum Gasteiger partial charge on any atom is -0.465 e. The van der Waals surface area contributed by atoms with Crippen LogP contribution in [0.1, 0.15) is 42.0 Å². The van der Waals surface area contributed by atoms with Gasteiger partial charge < -0.3 is 24.8 Å². The summed E-state index contributed by atoms with van der Waals surface area (Å²) in [7, 11) is 0. The van der Waals surface area contributed by atoms with E-state index in [0.717, 1.165) is 9.80 Å². The molecule has 3 aliphatic rings. The molecule has 4 heterocycles. The molecule has 0 aromatic carbocycles. The Bertz CT molecular complexity index is 884. The van der Waals surface area contributed by atoms with Crippen molar-refractivity contribution in [1.29, 1.82) is 0 Å². The molecule has 0 saturated carbocycles. The van der Waals surface area contributed by atoms with Crippen molar-refractivity contribution in [2.75, 3.05) is 19.6 Å². The van der Waals surface area contributed by atoms with E-state index in [4.69, 9.17) is 0 Å². The summed E-state index contributed by atoms with van der Waals surface area (Å²) in [6, 6.07) is -2.15. The Morgan fingerprint density at radius 1 is 1.09 bits per heavy atom. The van der Waals surface area contributed by atoms with Crippen molar-refractivity contribution in [2.24, 2.45) is 5.92 Å². The standard InChI is InChI=1S/C19H23F6N5O3/c20-18(21,22)14(19(23,24)25)12-1-2-17(3-6-28(7-4-17)16(32)33)30(12)15(31)11-10-29-8-5-26-9-13(29)27-11/h10,12,14,26H,1-9H2,(H,32,33). The number of nitrogens with one attached hydrogen (secondary N) is 1. The van der Waals surface area contributed by atoms with E-state index in [-0.39, 0.29) is 38.0 Å². The average Bonchev–Trinajstić information content (AvgIpc) is 3.28. The highest BCUT2D eigenvalue weighted by Crippen LogP contribution is 2.51. The van der Waals surface area contributed by atoms with E-state index in [1.165, 1.54) is 6.20 Å². The molecule has 2 amide bonds. The molecule has 0 bridgehead atoms. The molecular weight excluding hydrogens is 460 g/mol. The fourth-order valence-corrected chi connectivity index (χ4v) is 5.34. The van der Waals surface area contributed by atoms with Crippen LogP contribution in [0.3, 0.4) is 0 Å². The van der Waals surface area contributed by atoms with Crippen LogP contribution in [0, 0.1) is 5.92 Å². The number of aromatic nitrogens is 2. The lowest BCUT2D eigenvalue weighted by atomic mass is 9.85. The summed E-state index contributed by atoms with van der Waals surface area (Å²) in [5, 5.41) is 12.2. The number of carboxylic acid groups (broad SMARTS) is 1. The van der Waals surface area contributed by atoms with Gasteiger partial charge in [0.2, 0.25) is 0 Å². The maximum Gasteiger partial charge on any atom is 0.407 e. The summed E-state index contributed by atoms with van der Waals surface area (Å²) in [6.07, 6.45) is -11.7. The van der Waals surface area contributed by atoms with Crippen molar-refractivity contribution in [3.8, 4) is 0 Å². The third-order valence-electron chi connectivity index (χ3n) is 6.91. The number of halogens is 6. The second kappa shape index (κ2) is 8.06. The zero-order valence-electron chi connectivity index (χ0n) is 17.4. The first-order valence-corrected chi connectivity index (χ1v) is 10.6. The molecule has 33 heavy (non-hydrogen) atoms. The lowest BCUT2D eigenvalue weighted by molar-refractivity contribution is -0.297. The number of piperidine rings is 1. The van der Waals surface area contributed by atoms with Crippen LogP contribution in [0.4, 0.5) is 31.1 Å². The predicted molar refractivity (Wildman–Crippen MR) is 100 cm³/mol. The Labute approximate surface area is 184 Å². The van der Waals surface area contributed by atoms with Gasteiger partial charge in [0.1, 0.15) is 11.5 Å². The quantitative estimate of drug-likeness (QED) is 0.632. The monoisotopic (exact) mass is 483 g/mol. The van der Waals surface area contributed by atoms with Crippen LogP contribution < -0.4 is 5.32 Å². The van der Waals surface area contributed by atoms with Crippen molar-refractivity contribution >= 4 is 12.0 Å². The fraction of sp³-hybridized carbons (Fsp3) is 0.737. The number of carbonyl (C=O) groups is 2. The first kappa shape index (κ1) is 23.6. The number of carbonyl (C=O) groups excluding carboxylic acids is 1. The van der Waals surface area contributed by atoms with Crippen LogP contribution >= 0.6 is 0 Å². The Morgan fingerprint density at radius 3 is 2.27 bits per heavy atom. The minimum atomic E-state index is -5.61. The molecule has 1 aromatic heterocycles. The van der Waals surface area contributed by atoms with Crippen molar-refractivity contribution in [1.82, 2.24) is 24.7 Å². The van der Waals surface area contributed by atoms with Crippen LogP contribution in [0.2, 0.25) is 0 Å². The number of hydrogen-bond acceptors (Lipinski definition) is 4. The van der Waals surface area contributed by atoms with E-state index < -0.39 is 48.3 Å². The van der Waals surface area contributed by atoms with Crippen LogP contribution in [0.5, 0.6) is 0 Å². The van der Waals surface area contributed by atoms with Gasteiger partial charge in [-0.3, -0.25) is 4.79 Å². The summed E-state index contributed by atoms with van der Waals surface area (Å²) < 4.78 is 83.5. The van der Waals surface area contributed by atoms with E-state index in [2.05, 4.69) is 10.3 Å². The molecule has 184 valence electrons. The average molecular weight is 483 g/mol. The molecule has 0 radical (unpaired) electrons. The first-order valence-electron chi connectivity index (χ1n) is 10.6. The van der Waals surface area contributed by atoms with E-state index in [0.29, 0.717) is 25.5 Å². The van der Waals surface area contributed by atoms with Crippen molar-refractivity contribution < 1.29 is 41.0 Å². The van der Waals surface area contributed by atoms with E-state index in [9.17, 15) is 41.0 Å². The zero-order valence-corrected chi connectivity index (χ0v) is 17.4. The van der Waals surface area contributed by atoms with Gasteiger partial charge in [0.25, 0.3) is 5.91 Å². The third-order valence-corrected chi connectivity index (χ3v) is 6.91. The molecule has 8 nitrogen and oxygen atoms in total. The molecule has 1 atom stereocenters. The van der Waals surface area contributed by atoms with Gasteiger partial charge in [0.15, 0.2) is 5.92 Å². The Hall–Kier alpha value is -2.51. The molecule has 1 unspecified atom stereocenters. The molecular formula is C19H23F6N5O3. The van der Waals surface area contributed by atoms with Crippen LogP contribution in [0.25, 0.3) is 0 Å². The highest BCUT2D eigenvalue weighted by atomic mass is 19.4. The van der Waals surface area contributed by atoms with Crippen LogP contribution in [-0.4, -0.2) is 80.0 Å². The summed E-state index contributed by atoms with van der Waals surface area (Å²) in [5.41, 5.74) is -1.51. The second-order valence-electron chi connectivity index (χ2n) is 8.75. The summed E-state index contributed by atoms with van der Waals surface area (Å²) >= 11 is 0. The van der Waals surface area contributed by atoms with Crippen molar-refractivity contribution in [2.45, 2.75) is 62.7 Å². The molecule has 4 rings (SSSR count). The topological polar surface area (TPSA) is 90.7 Å². The van der Waals surface area contributed by atoms with Gasteiger partial charge >= 0.3 is 18.4 Å². The van der Waals surface area contributed by atoms with E-state index >= 15 is 0 Å². The number of nitrogens with zero attached hydrogens (tertiary/aromatic N) is 4. The molecule has 0 aliphatic carbocycles. The molecule has 1 spiro atoms. The molecule has 3 aliphatic heterocycles. The van der Waals surface area contributed by atoms with Crippen molar-refractivity contribution in [3.63, 3.8) is 0 Å². The molecule has 1 aromatic rings. The number of fused-ring (bicyclic) bond motifs is 1. The van der Waals surface area contributed by atoms with Crippen LogP contribution in [0.15, 0.2) is 6.20 Å². The summed E-state index contributed by atoms with van der Waals surface area (Å²) in [5.74, 6) is -4.22. The van der Waals surface area contributed by atoms with E-state index in [1.807, 2.05) is 0 Å². The molecule has 14 heteroatoms. The predicted octanol–water partition coefficient (Wildman–Crippen LogP) is 2.84. The fourth-order valence-electron chi connectivity index (χ4n) is 5.34. The Balaban J connectivity index is 1.74. The first-order chi connectivity index (χ1) is 15.3. The van der Waals surface area contributed by atoms with Gasteiger partial charge in [-0.2, -0.15) is 26.3 Å². The molecule has 2 fully saturated rings. The lowest BCUT2D eigenvalue weighted by Crippen LogP contribution is -2.60. The number of imidazole rings is 1. The van der Waals surface area contributed by atoms with E-state index in [1.54, 1.807) is 4.57 Å². The second-order valence-corrected chi connectivity index (χ2v) is 8.75. The number of alkyl halides is 6. The highest BCUT2D eigenvalue weighted by molar-refractivity contribution is 5.93. The smallest absolute Gasteiger partial charge is 0.407 e. The van der Waals surface area contributed by atoms with Gasteiger partial charge in [-0.05, 0) is 25.7 Å². The maximum absolute atomic E-state index is 13.6. The number of hydrogen-bond donors (Lipinski definition) is 2. The van der Waals surface area contributed by atoms with Crippen molar-refractivity contribution in [3.05, 3.63) is 17.7 Å². The maximum atomic E-state index is 13.6. The zero-order chi connectivity index (χ0) is 24.2. The Morgan fingerprint density at radius 2 is 1.73 bits per heavy atom. The van der Waals surface area contributed by atoms with Gasteiger partial charge in [-0.25, -0.2) is 9.78 Å². The number of rotatable bonds is 2. The molecule has 2 saturated heterocycles. The van der Waals surface area contributed by atoms with Gasteiger partial charge in [0.05, 0.1) is 12.6 Å². The normalized spacial score (nSPS) is 23.3. The van der Waals surface area contributed by atoms with Gasteiger partial charge in [0, 0.05) is 37.9 Å². The molecule has 2 N–H and O–H groups in total. The lowest BCUT2D eigenvalue weighted by Gasteiger charge is -2.47. The minimum absolute atomic E-state index is 0.0426. The largest absolute Gasteiger partial charge is 0.465 e. The third kappa shape index (κ3) is 4.24. The summed E-state index contributed by atoms with van der Waals surface area (Å²) in [4.78, 5) is 30.7. The number of amides is 2. The number of likely N-dealkylation sites (tertiary alicyclic amines) is 2. The van der Waals surface area contributed by atoms with Crippen LogP contribution in [-0.2, 0) is 13.1 Å². The SMILES string of the molecule is O=C(O)N1CCC2(CCC(C(C(F)(F)F)C(F)(F)F)N2C(=O)c2cn3c(n2)CNCC3)CC1. The summed E-state index contributed by atoms with van der Waals surface area (Å²) in [6.45, 7) is 1.20. The highest BCUT2D eigenvalue weighted by Gasteiger charge is 2.66. The Kier molecular flexibility index (Phi) is 5.78. The van der Waals surface area contributed by atoms with Gasteiger partial charge in [-0.15, -0.1) is 0 Å².